The minimum atomic E-state index is 0.782. The normalized spacial score (nSPS) is 10.1. The molecule has 0 radical (unpaired) electrons. The quantitative estimate of drug-likeness (QED) is 0.780. The van der Waals surface area contributed by atoms with Gasteiger partial charge in [0.2, 0.25) is 0 Å². The van der Waals surface area contributed by atoms with Gasteiger partial charge in [0.15, 0.2) is 0 Å². The molecule has 2 N–H and O–H groups in total. The zero-order valence-electron chi connectivity index (χ0n) is 9.03. The number of anilines is 2. The van der Waals surface area contributed by atoms with Gasteiger partial charge in [0.1, 0.15) is 5.82 Å². The van der Waals surface area contributed by atoms with Crippen LogP contribution < -0.4 is 10.6 Å². The number of nitrogens with zero attached hydrogens (tertiary/aromatic N) is 2. The van der Waals surface area contributed by atoms with E-state index in [4.69, 9.17) is 5.73 Å². The summed E-state index contributed by atoms with van der Waals surface area (Å²) in [4.78, 5) is 6.56. The van der Waals surface area contributed by atoms with Crippen molar-refractivity contribution >= 4 is 11.5 Å². The van der Waals surface area contributed by atoms with Gasteiger partial charge >= 0.3 is 0 Å². The number of hydrogen-bond donors (Lipinski definition) is 1. The summed E-state index contributed by atoms with van der Waals surface area (Å²) in [7, 11) is 0. The summed E-state index contributed by atoms with van der Waals surface area (Å²) in [5.74, 6) is 0.987. The molecule has 0 spiro atoms. The van der Waals surface area contributed by atoms with Gasteiger partial charge in [-0.05, 0) is 19.4 Å². The van der Waals surface area contributed by atoms with Gasteiger partial charge < -0.3 is 10.6 Å². The maximum absolute atomic E-state index is 5.71. The summed E-state index contributed by atoms with van der Waals surface area (Å²) in [5, 5.41) is 0. The SMILES string of the molecule is CCCCN(CC)c1cc(N)ccn1. The number of nitrogen functional groups attached to an aromatic ring is 1. The van der Waals surface area contributed by atoms with E-state index in [2.05, 4.69) is 23.7 Å². The van der Waals surface area contributed by atoms with Crippen LogP contribution in [-0.2, 0) is 0 Å². The van der Waals surface area contributed by atoms with E-state index in [1.165, 1.54) is 12.8 Å². The highest BCUT2D eigenvalue weighted by Crippen LogP contribution is 2.14. The lowest BCUT2D eigenvalue weighted by atomic mass is 10.3. The molecule has 0 saturated heterocycles. The molecule has 78 valence electrons. The second-order valence-electron chi connectivity index (χ2n) is 3.38. The predicted octanol–water partition coefficient (Wildman–Crippen LogP) is 2.29. The summed E-state index contributed by atoms with van der Waals surface area (Å²) in [6.45, 7) is 6.38. The van der Waals surface area contributed by atoms with Crippen LogP contribution in [0.25, 0.3) is 0 Å². The highest BCUT2D eigenvalue weighted by Gasteiger charge is 2.04. The number of aromatic nitrogens is 1. The van der Waals surface area contributed by atoms with Crippen LogP contribution in [0.4, 0.5) is 11.5 Å². The second-order valence-corrected chi connectivity index (χ2v) is 3.38. The zero-order chi connectivity index (χ0) is 10.4. The van der Waals surface area contributed by atoms with Crippen molar-refractivity contribution in [1.29, 1.82) is 0 Å². The third-order valence-electron chi connectivity index (χ3n) is 2.26. The largest absolute Gasteiger partial charge is 0.399 e. The zero-order valence-corrected chi connectivity index (χ0v) is 9.03. The standard InChI is InChI=1S/C11H19N3/c1-3-5-8-14(4-2)11-9-10(12)6-7-13-11/h6-7,9H,3-5,8H2,1-2H3,(H2,12,13). The van der Waals surface area contributed by atoms with Crippen molar-refractivity contribution in [2.45, 2.75) is 26.7 Å². The van der Waals surface area contributed by atoms with Gasteiger partial charge in [0.05, 0.1) is 0 Å². The number of rotatable bonds is 5. The van der Waals surface area contributed by atoms with Crippen molar-refractivity contribution in [3.63, 3.8) is 0 Å². The van der Waals surface area contributed by atoms with E-state index < -0.39 is 0 Å². The Bertz CT molecular complexity index is 273. The van der Waals surface area contributed by atoms with Crippen LogP contribution in [0.1, 0.15) is 26.7 Å². The summed E-state index contributed by atoms with van der Waals surface area (Å²) < 4.78 is 0. The van der Waals surface area contributed by atoms with E-state index in [-0.39, 0.29) is 0 Å². The first-order chi connectivity index (χ1) is 6.77. The molecule has 1 heterocycles. The van der Waals surface area contributed by atoms with Gasteiger partial charge in [-0.25, -0.2) is 4.98 Å². The van der Waals surface area contributed by atoms with E-state index in [1.807, 2.05) is 12.1 Å². The van der Waals surface area contributed by atoms with Crippen molar-refractivity contribution in [2.24, 2.45) is 0 Å². The molecule has 1 aromatic rings. The molecule has 0 aliphatic heterocycles. The fraction of sp³-hybridized carbons (Fsp3) is 0.545. The third kappa shape index (κ3) is 2.91. The molecule has 3 heteroatoms. The van der Waals surface area contributed by atoms with Gasteiger partial charge in [0.25, 0.3) is 0 Å². The minimum absolute atomic E-state index is 0.782. The van der Waals surface area contributed by atoms with Crippen LogP contribution in [0.15, 0.2) is 18.3 Å². The van der Waals surface area contributed by atoms with Crippen LogP contribution in [-0.4, -0.2) is 18.1 Å². The van der Waals surface area contributed by atoms with Crippen molar-refractivity contribution < 1.29 is 0 Å². The third-order valence-corrected chi connectivity index (χ3v) is 2.26. The van der Waals surface area contributed by atoms with Crippen LogP contribution in [0.3, 0.4) is 0 Å². The van der Waals surface area contributed by atoms with Crippen LogP contribution in [0.5, 0.6) is 0 Å². The average Bonchev–Trinajstić information content (AvgIpc) is 2.19. The van der Waals surface area contributed by atoms with Crippen molar-refractivity contribution in [1.82, 2.24) is 4.98 Å². The van der Waals surface area contributed by atoms with E-state index >= 15 is 0 Å². The maximum Gasteiger partial charge on any atom is 0.130 e. The molecule has 0 aliphatic carbocycles. The average molecular weight is 193 g/mol. The Labute approximate surface area is 85.9 Å². The number of nitrogens with two attached hydrogens (primary N) is 1. The lowest BCUT2D eigenvalue weighted by Gasteiger charge is -2.21. The Hall–Kier alpha value is -1.25. The summed E-state index contributed by atoms with van der Waals surface area (Å²) in [5.41, 5.74) is 6.50. The Morgan fingerprint density at radius 3 is 2.79 bits per heavy atom. The molecule has 1 aromatic heterocycles. The smallest absolute Gasteiger partial charge is 0.130 e. The number of hydrogen-bond acceptors (Lipinski definition) is 3. The van der Waals surface area contributed by atoms with Crippen LogP contribution >= 0.6 is 0 Å². The summed E-state index contributed by atoms with van der Waals surface area (Å²) >= 11 is 0. The molecule has 0 aromatic carbocycles. The fourth-order valence-corrected chi connectivity index (χ4v) is 1.39. The van der Waals surface area contributed by atoms with E-state index in [0.29, 0.717) is 0 Å². The molecule has 0 amide bonds. The van der Waals surface area contributed by atoms with Crippen molar-refractivity contribution in [3.8, 4) is 0 Å². The summed E-state index contributed by atoms with van der Waals surface area (Å²) in [6, 6.07) is 3.75. The first kappa shape index (κ1) is 10.8. The predicted molar refractivity (Wildman–Crippen MR) is 61.4 cm³/mol. The molecule has 0 saturated carbocycles. The van der Waals surface area contributed by atoms with E-state index in [9.17, 15) is 0 Å². The minimum Gasteiger partial charge on any atom is -0.399 e. The maximum atomic E-state index is 5.71. The Morgan fingerprint density at radius 1 is 1.43 bits per heavy atom. The van der Waals surface area contributed by atoms with E-state index in [0.717, 1.165) is 24.6 Å². The van der Waals surface area contributed by atoms with Gasteiger partial charge in [-0.2, -0.15) is 0 Å². The Kier molecular flexibility index (Phi) is 4.23. The van der Waals surface area contributed by atoms with Crippen LogP contribution in [0.2, 0.25) is 0 Å². The molecular formula is C11H19N3. The molecule has 3 nitrogen and oxygen atoms in total. The van der Waals surface area contributed by atoms with Crippen molar-refractivity contribution in [3.05, 3.63) is 18.3 Å². The van der Waals surface area contributed by atoms with Gasteiger partial charge in [-0.15, -0.1) is 0 Å². The molecular weight excluding hydrogens is 174 g/mol. The topological polar surface area (TPSA) is 42.1 Å². The van der Waals surface area contributed by atoms with Crippen LogP contribution in [0, 0.1) is 0 Å². The first-order valence-corrected chi connectivity index (χ1v) is 5.24. The Balaban J connectivity index is 2.68. The Morgan fingerprint density at radius 2 is 2.21 bits per heavy atom. The fourth-order valence-electron chi connectivity index (χ4n) is 1.39. The molecule has 0 bridgehead atoms. The van der Waals surface area contributed by atoms with Gasteiger partial charge in [-0.1, -0.05) is 13.3 Å². The first-order valence-electron chi connectivity index (χ1n) is 5.24. The second kappa shape index (κ2) is 5.47. The highest BCUT2D eigenvalue weighted by atomic mass is 15.2. The van der Waals surface area contributed by atoms with Gasteiger partial charge in [0, 0.05) is 31.0 Å². The van der Waals surface area contributed by atoms with E-state index in [1.54, 1.807) is 6.20 Å². The van der Waals surface area contributed by atoms with Crippen molar-refractivity contribution in [2.75, 3.05) is 23.7 Å². The lowest BCUT2D eigenvalue weighted by Crippen LogP contribution is -2.24. The molecule has 1 rings (SSSR count). The lowest BCUT2D eigenvalue weighted by molar-refractivity contribution is 0.724. The molecule has 14 heavy (non-hydrogen) atoms. The monoisotopic (exact) mass is 193 g/mol. The number of pyridine rings is 1. The number of unbranched alkanes of at least 4 members (excludes halogenated alkanes) is 1. The highest BCUT2D eigenvalue weighted by molar-refractivity contribution is 5.50. The summed E-state index contributed by atoms with van der Waals surface area (Å²) in [6.07, 6.45) is 4.17. The molecule has 0 aliphatic rings. The molecule has 0 atom stereocenters. The van der Waals surface area contributed by atoms with Gasteiger partial charge in [-0.3, -0.25) is 0 Å². The molecule has 0 unspecified atom stereocenters. The molecule has 0 fully saturated rings.